The van der Waals surface area contributed by atoms with Gasteiger partial charge in [0.25, 0.3) is 0 Å². The molecule has 0 amide bonds. The number of aromatic nitrogens is 1. The second-order valence-electron chi connectivity index (χ2n) is 5.52. The Morgan fingerprint density at radius 2 is 2.09 bits per heavy atom. The summed E-state index contributed by atoms with van der Waals surface area (Å²) in [7, 11) is 1.60. The molecule has 2 aromatic rings. The topological polar surface area (TPSA) is 63.8 Å². The summed E-state index contributed by atoms with van der Waals surface area (Å²) in [6.07, 6.45) is 5.14. The van der Waals surface area contributed by atoms with E-state index in [9.17, 15) is 4.39 Å². The number of pyridine rings is 1. The molecule has 0 bridgehead atoms. The summed E-state index contributed by atoms with van der Waals surface area (Å²) in [4.78, 5) is 5.74. The Morgan fingerprint density at radius 3 is 2.77 bits per heavy atom. The molecule has 112 valence electrons. The van der Waals surface area contributed by atoms with Crippen molar-refractivity contribution in [3.05, 3.63) is 53.6 Å². The molecule has 1 aromatic carbocycles. The zero-order valence-electron chi connectivity index (χ0n) is 12.3. The van der Waals surface area contributed by atoms with Crippen molar-refractivity contribution in [1.29, 1.82) is 10.8 Å². The van der Waals surface area contributed by atoms with Crippen LogP contribution in [0.15, 0.2) is 36.5 Å². The lowest BCUT2D eigenvalue weighted by Crippen LogP contribution is -2.25. The molecule has 0 aliphatic heterocycles. The van der Waals surface area contributed by atoms with Gasteiger partial charge in [-0.2, -0.15) is 0 Å². The average molecular weight is 296 g/mol. The van der Waals surface area contributed by atoms with Crippen molar-refractivity contribution >= 4 is 12.2 Å². The number of hydrogen-bond acceptors (Lipinski definition) is 3. The van der Waals surface area contributed by atoms with Gasteiger partial charge in [-0.1, -0.05) is 6.07 Å². The van der Waals surface area contributed by atoms with Crippen LogP contribution >= 0.6 is 0 Å². The SMILES string of the molecule is CN(C=N)C(=N)c1cc(F)ccc1-c1ccnc(C2CC2)c1. The molecular weight excluding hydrogens is 279 g/mol. The van der Waals surface area contributed by atoms with Crippen LogP contribution < -0.4 is 0 Å². The summed E-state index contributed by atoms with van der Waals surface area (Å²) in [5.41, 5.74) is 3.23. The second-order valence-corrected chi connectivity index (χ2v) is 5.52. The molecule has 0 radical (unpaired) electrons. The average Bonchev–Trinajstić information content (AvgIpc) is 3.38. The Bertz CT molecular complexity index is 737. The highest BCUT2D eigenvalue weighted by Crippen LogP contribution is 2.40. The van der Waals surface area contributed by atoms with Crippen LogP contribution in [-0.4, -0.2) is 29.1 Å². The van der Waals surface area contributed by atoms with Gasteiger partial charge in [0.2, 0.25) is 0 Å². The molecule has 22 heavy (non-hydrogen) atoms. The summed E-state index contributed by atoms with van der Waals surface area (Å²) in [6.45, 7) is 0. The first-order chi connectivity index (χ1) is 10.6. The van der Waals surface area contributed by atoms with Crippen molar-refractivity contribution in [1.82, 2.24) is 9.88 Å². The Kier molecular flexibility index (Phi) is 3.71. The maximum Gasteiger partial charge on any atom is 0.133 e. The van der Waals surface area contributed by atoms with Crippen molar-refractivity contribution in [2.75, 3.05) is 7.05 Å². The molecule has 1 fully saturated rings. The molecule has 1 aliphatic carbocycles. The molecule has 5 heteroatoms. The first kappa shape index (κ1) is 14.4. The Hall–Kier alpha value is -2.56. The molecule has 3 rings (SSSR count). The van der Waals surface area contributed by atoms with E-state index in [1.165, 1.54) is 29.9 Å². The van der Waals surface area contributed by atoms with Crippen LogP contribution in [0.4, 0.5) is 4.39 Å². The van der Waals surface area contributed by atoms with Gasteiger partial charge in [-0.05, 0) is 48.2 Å². The molecule has 1 aromatic heterocycles. The quantitative estimate of drug-likeness (QED) is 0.668. The van der Waals surface area contributed by atoms with Gasteiger partial charge in [0.05, 0.1) is 6.34 Å². The maximum absolute atomic E-state index is 13.6. The number of nitrogens with one attached hydrogen (secondary N) is 2. The van der Waals surface area contributed by atoms with Gasteiger partial charge in [0.15, 0.2) is 0 Å². The molecule has 4 nitrogen and oxygen atoms in total. The highest BCUT2D eigenvalue weighted by Gasteiger charge is 2.25. The van der Waals surface area contributed by atoms with Gasteiger partial charge in [-0.3, -0.25) is 15.8 Å². The van der Waals surface area contributed by atoms with E-state index in [0.717, 1.165) is 23.2 Å². The Morgan fingerprint density at radius 1 is 1.32 bits per heavy atom. The Labute approximate surface area is 128 Å². The summed E-state index contributed by atoms with van der Waals surface area (Å²) in [5, 5.41) is 15.4. The molecule has 0 atom stereocenters. The zero-order valence-corrected chi connectivity index (χ0v) is 12.3. The molecule has 2 N–H and O–H groups in total. The molecular formula is C17H17FN4. The lowest BCUT2D eigenvalue weighted by molar-refractivity contribution is 0.627. The van der Waals surface area contributed by atoms with Crippen molar-refractivity contribution in [2.45, 2.75) is 18.8 Å². The minimum absolute atomic E-state index is 0.0919. The predicted molar refractivity (Wildman–Crippen MR) is 85.0 cm³/mol. The lowest BCUT2D eigenvalue weighted by Gasteiger charge is -2.17. The fourth-order valence-electron chi connectivity index (χ4n) is 2.44. The van der Waals surface area contributed by atoms with Crippen LogP contribution in [0, 0.1) is 16.6 Å². The van der Waals surface area contributed by atoms with Gasteiger partial charge in [-0.25, -0.2) is 4.39 Å². The van der Waals surface area contributed by atoms with E-state index >= 15 is 0 Å². The normalized spacial score (nSPS) is 13.7. The molecule has 1 aliphatic rings. The third kappa shape index (κ3) is 2.74. The third-order valence-corrected chi connectivity index (χ3v) is 3.87. The van der Waals surface area contributed by atoms with Gasteiger partial charge < -0.3 is 4.90 Å². The van der Waals surface area contributed by atoms with E-state index in [1.54, 1.807) is 19.3 Å². The van der Waals surface area contributed by atoms with Gasteiger partial charge in [0, 0.05) is 30.4 Å². The maximum atomic E-state index is 13.6. The summed E-state index contributed by atoms with van der Waals surface area (Å²) in [5.74, 6) is 0.236. The minimum atomic E-state index is -0.390. The van der Waals surface area contributed by atoms with Crippen LogP contribution in [0.3, 0.4) is 0 Å². The Balaban J connectivity index is 2.08. The first-order valence-electron chi connectivity index (χ1n) is 7.18. The fraction of sp³-hybridized carbons (Fsp3) is 0.235. The lowest BCUT2D eigenvalue weighted by atomic mass is 9.98. The fourth-order valence-corrected chi connectivity index (χ4v) is 2.44. The molecule has 1 heterocycles. The minimum Gasteiger partial charge on any atom is -0.321 e. The van der Waals surface area contributed by atoms with E-state index in [4.69, 9.17) is 10.8 Å². The van der Waals surface area contributed by atoms with E-state index < -0.39 is 5.82 Å². The third-order valence-electron chi connectivity index (χ3n) is 3.87. The van der Waals surface area contributed by atoms with Gasteiger partial charge in [0.1, 0.15) is 11.7 Å². The van der Waals surface area contributed by atoms with Crippen LogP contribution in [-0.2, 0) is 0 Å². The molecule has 1 saturated carbocycles. The highest BCUT2D eigenvalue weighted by molar-refractivity contribution is 6.06. The summed E-state index contributed by atoms with van der Waals surface area (Å²) < 4.78 is 13.6. The second kappa shape index (κ2) is 5.67. The zero-order chi connectivity index (χ0) is 15.7. The first-order valence-corrected chi connectivity index (χ1v) is 7.18. The highest BCUT2D eigenvalue weighted by atomic mass is 19.1. The van der Waals surface area contributed by atoms with Crippen LogP contribution in [0.5, 0.6) is 0 Å². The van der Waals surface area contributed by atoms with Crippen LogP contribution in [0.2, 0.25) is 0 Å². The van der Waals surface area contributed by atoms with E-state index in [2.05, 4.69) is 4.98 Å². The van der Waals surface area contributed by atoms with Crippen LogP contribution in [0.25, 0.3) is 11.1 Å². The monoisotopic (exact) mass is 296 g/mol. The largest absolute Gasteiger partial charge is 0.321 e. The molecule has 0 saturated heterocycles. The summed E-state index contributed by atoms with van der Waals surface area (Å²) in [6, 6.07) is 8.32. The molecule has 0 spiro atoms. The summed E-state index contributed by atoms with van der Waals surface area (Å²) >= 11 is 0. The van der Waals surface area contributed by atoms with Gasteiger partial charge >= 0.3 is 0 Å². The van der Waals surface area contributed by atoms with Gasteiger partial charge in [-0.15, -0.1) is 0 Å². The van der Waals surface area contributed by atoms with E-state index in [-0.39, 0.29) is 5.84 Å². The van der Waals surface area contributed by atoms with Crippen molar-refractivity contribution in [3.8, 4) is 11.1 Å². The number of hydrogen-bond donors (Lipinski definition) is 2. The van der Waals surface area contributed by atoms with Crippen LogP contribution in [0.1, 0.15) is 30.0 Å². The van der Waals surface area contributed by atoms with Crippen molar-refractivity contribution < 1.29 is 4.39 Å². The number of rotatable bonds is 4. The standard InChI is InChI=1S/C17H17FN4/c1-22(10-19)17(20)15-9-13(18)4-5-14(15)12-6-7-21-16(8-12)11-2-3-11/h4-11,19-20H,2-3H2,1H3. The number of benzene rings is 1. The predicted octanol–water partition coefficient (Wildman–Crippen LogP) is 3.63. The molecule has 0 unspecified atom stereocenters. The van der Waals surface area contributed by atoms with E-state index in [0.29, 0.717) is 11.5 Å². The number of halogens is 1. The smallest absolute Gasteiger partial charge is 0.133 e. The number of amidine groups is 1. The number of nitrogens with zero attached hydrogens (tertiary/aromatic N) is 2. The van der Waals surface area contributed by atoms with E-state index in [1.807, 2.05) is 12.1 Å². The van der Waals surface area contributed by atoms with Crippen molar-refractivity contribution in [2.24, 2.45) is 0 Å². The van der Waals surface area contributed by atoms with Crippen molar-refractivity contribution in [3.63, 3.8) is 0 Å².